The summed E-state index contributed by atoms with van der Waals surface area (Å²) in [5.41, 5.74) is 2.61. The van der Waals surface area contributed by atoms with E-state index in [1.165, 1.54) is 30.5 Å². The minimum Gasteiger partial charge on any atom is -0.378 e. The highest BCUT2D eigenvalue weighted by molar-refractivity contribution is 5.45. The van der Waals surface area contributed by atoms with Crippen LogP contribution in [0, 0.1) is 0 Å². The van der Waals surface area contributed by atoms with E-state index in [4.69, 9.17) is 4.74 Å². The van der Waals surface area contributed by atoms with Gasteiger partial charge in [0.2, 0.25) is 0 Å². The van der Waals surface area contributed by atoms with Gasteiger partial charge in [0, 0.05) is 39.5 Å². The minimum absolute atomic E-state index is 0.441. The van der Waals surface area contributed by atoms with Gasteiger partial charge in [0.1, 0.15) is 0 Å². The average molecular weight is 292 g/mol. The Hall–Kier alpha value is -1.06. The summed E-state index contributed by atoms with van der Waals surface area (Å²) in [5, 5.41) is 0. The highest BCUT2D eigenvalue weighted by atomic mass is 16.5. The topological polar surface area (TPSA) is 15.7 Å². The first kappa shape index (κ1) is 18.0. The fraction of sp³-hybridized carbons (Fsp3) is 0.667. The predicted octanol–water partition coefficient (Wildman–Crippen LogP) is 3.78. The van der Waals surface area contributed by atoms with Crippen LogP contribution in [-0.4, -0.2) is 45.3 Å². The second-order valence-electron chi connectivity index (χ2n) is 6.10. The Labute approximate surface area is 130 Å². The summed E-state index contributed by atoms with van der Waals surface area (Å²) in [6.07, 6.45) is 4.12. The lowest BCUT2D eigenvalue weighted by Crippen LogP contribution is -2.28. The lowest BCUT2D eigenvalue weighted by atomic mass is 10.1. The molecule has 2 rings (SSSR count). The summed E-state index contributed by atoms with van der Waals surface area (Å²) in [6.45, 7) is 7.22. The van der Waals surface area contributed by atoms with Gasteiger partial charge < -0.3 is 9.64 Å². The number of likely N-dealkylation sites (N-methyl/N-ethyl adjacent to an activating group) is 1. The van der Waals surface area contributed by atoms with E-state index < -0.39 is 0 Å². The Morgan fingerprint density at radius 3 is 2.19 bits per heavy atom. The van der Waals surface area contributed by atoms with Crippen LogP contribution in [-0.2, 0) is 11.3 Å². The second kappa shape index (κ2) is 9.80. The molecule has 1 aromatic rings. The maximum absolute atomic E-state index is 5.66. The third-order valence-electron chi connectivity index (χ3n) is 3.44. The van der Waals surface area contributed by atoms with Crippen LogP contribution < -0.4 is 4.90 Å². The van der Waals surface area contributed by atoms with Crippen molar-refractivity contribution in [2.75, 3.05) is 39.2 Å². The van der Waals surface area contributed by atoms with Crippen molar-refractivity contribution < 1.29 is 4.74 Å². The molecule has 1 aliphatic heterocycles. The van der Waals surface area contributed by atoms with Gasteiger partial charge in [-0.05, 0) is 37.6 Å². The third kappa shape index (κ3) is 6.96. The number of rotatable bonds is 5. The minimum atomic E-state index is 0.441. The lowest BCUT2D eigenvalue weighted by molar-refractivity contribution is 0.0793. The Kier molecular flexibility index (Phi) is 8.40. The zero-order chi connectivity index (χ0) is 15.7. The summed E-state index contributed by atoms with van der Waals surface area (Å²) in [7, 11) is 6.30. The highest BCUT2D eigenvalue weighted by Crippen LogP contribution is 2.16. The molecule has 1 fully saturated rings. The van der Waals surface area contributed by atoms with Crippen molar-refractivity contribution in [1.82, 2.24) is 4.90 Å². The van der Waals surface area contributed by atoms with E-state index in [0.29, 0.717) is 6.10 Å². The molecule has 0 N–H and O–H groups in total. The molecule has 1 unspecified atom stereocenters. The summed E-state index contributed by atoms with van der Waals surface area (Å²) < 4.78 is 5.66. The Morgan fingerprint density at radius 1 is 1.10 bits per heavy atom. The van der Waals surface area contributed by atoms with E-state index in [1.54, 1.807) is 0 Å². The van der Waals surface area contributed by atoms with Gasteiger partial charge in [0.25, 0.3) is 0 Å². The molecule has 0 bridgehead atoms. The maximum Gasteiger partial charge on any atom is 0.0702 e. The van der Waals surface area contributed by atoms with Crippen molar-refractivity contribution in [2.45, 2.75) is 45.8 Å². The number of anilines is 1. The van der Waals surface area contributed by atoms with E-state index in [-0.39, 0.29) is 0 Å². The normalized spacial score (nSPS) is 17.5. The average Bonchev–Trinajstić information content (AvgIpc) is 2.93. The first-order valence-corrected chi connectivity index (χ1v) is 8.13. The van der Waals surface area contributed by atoms with Gasteiger partial charge in [0.05, 0.1) is 6.10 Å². The molecule has 3 heteroatoms. The molecule has 3 nitrogen and oxygen atoms in total. The van der Waals surface area contributed by atoms with Crippen LogP contribution in [0.4, 0.5) is 5.69 Å². The first-order chi connectivity index (χ1) is 10.1. The quantitative estimate of drug-likeness (QED) is 0.821. The van der Waals surface area contributed by atoms with Crippen LogP contribution >= 0.6 is 0 Å². The summed E-state index contributed by atoms with van der Waals surface area (Å²) >= 11 is 0. The molecule has 1 saturated heterocycles. The van der Waals surface area contributed by atoms with Crippen molar-refractivity contribution in [3.63, 3.8) is 0 Å². The van der Waals surface area contributed by atoms with Crippen molar-refractivity contribution >= 4 is 5.69 Å². The van der Waals surface area contributed by atoms with E-state index >= 15 is 0 Å². The van der Waals surface area contributed by atoms with Crippen LogP contribution in [0.3, 0.4) is 0 Å². The van der Waals surface area contributed by atoms with Crippen molar-refractivity contribution in [1.29, 1.82) is 0 Å². The molecule has 1 heterocycles. The monoisotopic (exact) mass is 292 g/mol. The van der Waals surface area contributed by atoms with E-state index in [2.05, 4.69) is 69.1 Å². The second-order valence-corrected chi connectivity index (χ2v) is 6.10. The summed E-state index contributed by atoms with van der Waals surface area (Å²) in [5.74, 6) is 0. The van der Waals surface area contributed by atoms with Crippen LogP contribution in [0.25, 0.3) is 0 Å². The highest BCUT2D eigenvalue weighted by Gasteiger charge is 2.17. The van der Waals surface area contributed by atoms with Crippen LogP contribution in [0.5, 0.6) is 0 Å². The smallest absolute Gasteiger partial charge is 0.0702 e. The third-order valence-corrected chi connectivity index (χ3v) is 3.44. The van der Waals surface area contributed by atoms with Gasteiger partial charge in [-0.15, -0.1) is 0 Å². The Morgan fingerprint density at radius 2 is 1.71 bits per heavy atom. The molecular weight excluding hydrogens is 260 g/mol. The van der Waals surface area contributed by atoms with E-state index in [1.807, 2.05) is 0 Å². The SMILES string of the molecule is CCC.CN(Cc1ccc(N(C)C)cc1)CC1CCCO1. The molecule has 0 amide bonds. The van der Waals surface area contributed by atoms with Gasteiger partial charge in [-0.1, -0.05) is 32.4 Å². The zero-order valence-electron chi connectivity index (χ0n) is 14.4. The van der Waals surface area contributed by atoms with Crippen LogP contribution in [0.15, 0.2) is 24.3 Å². The van der Waals surface area contributed by atoms with Crippen molar-refractivity contribution in [2.24, 2.45) is 0 Å². The molecule has 0 radical (unpaired) electrons. The summed E-state index contributed by atoms with van der Waals surface area (Å²) in [6, 6.07) is 8.77. The predicted molar refractivity (Wildman–Crippen MR) is 92.0 cm³/mol. The van der Waals surface area contributed by atoms with Gasteiger partial charge in [-0.25, -0.2) is 0 Å². The van der Waals surface area contributed by atoms with Gasteiger partial charge in [-0.3, -0.25) is 4.90 Å². The molecular formula is C18H32N2O. The number of benzene rings is 1. The van der Waals surface area contributed by atoms with E-state index in [9.17, 15) is 0 Å². The van der Waals surface area contributed by atoms with Gasteiger partial charge in [0.15, 0.2) is 0 Å². The molecule has 1 atom stereocenters. The Balaban J connectivity index is 0.000000677. The van der Waals surface area contributed by atoms with Gasteiger partial charge >= 0.3 is 0 Å². The zero-order valence-corrected chi connectivity index (χ0v) is 14.4. The van der Waals surface area contributed by atoms with Gasteiger partial charge in [-0.2, -0.15) is 0 Å². The molecule has 1 aromatic carbocycles. The molecule has 0 aromatic heterocycles. The number of nitrogens with zero attached hydrogens (tertiary/aromatic N) is 2. The number of ether oxygens (including phenoxy) is 1. The van der Waals surface area contributed by atoms with Crippen LogP contribution in [0.1, 0.15) is 38.7 Å². The fourth-order valence-electron chi connectivity index (χ4n) is 2.41. The molecule has 21 heavy (non-hydrogen) atoms. The molecule has 1 aliphatic rings. The van der Waals surface area contributed by atoms with Crippen molar-refractivity contribution in [3.05, 3.63) is 29.8 Å². The number of hydrogen-bond acceptors (Lipinski definition) is 3. The molecule has 0 aliphatic carbocycles. The Bertz CT molecular complexity index is 369. The lowest BCUT2D eigenvalue weighted by Gasteiger charge is -2.21. The first-order valence-electron chi connectivity index (χ1n) is 8.13. The standard InChI is InChI=1S/C15H24N2O.C3H8/c1-16(2)14-8-6-13(7-9-14)11-17(3)12-15-5-4-10-18-15;1-3-2/h6-9,15H,4-5,10-12H2,1-3H3;3H2,1-2H3. The largest absolute Gasteiger partial charge is 0.378 e. The molecule has 120 valence electrons. The van der Waals surface area contributed by atoms with Crippen molar-refractivity contribution in [3.8, 4) is 0 Å². The maximum atomic E-state index is 5.66. The fourth-order valence-corrected chi connectivity index (χ4v) is 2.41. The molecule has 0 saturated carbocycles. The number of hydrogen-bond donors (Lipinski definition) is 0. The van der Waals surface area contributed by atoms with E-state index in [0.717, 1.165) is 19.7 Å². The summed E-state index contributed by atoms with van der Waals surface area (Å²) in [4.78, 5) is 4.47. The molecule has 0 spiro atoms. The van der Waals surface area contributed by atoms with Crippen LogP contribution in [0.2, 0.25) is 0 Å².